The molecule has 2 aromatic carbocycles. The minimum Gasteiger partial charge on any atom is -0.507 e. The summed E-state index contributed by atoms with van der Waals surface area (Å²) in [5.41, 5.74) is 6.10. The number of halogens is 2. The van der Waals surface area contributed by atoms with Gasteiger partial charge in [-0.3, -0.25) is 5.43 Å². The number of aromatic hydroxyl groups is 1. The number of phenols is 1. The maximum atomic E-state index is 10.5. The molecule has 0 aliphatic carbocycles. The maximum absolute atomic E-state index is 10.5. The van der Waals surface area contributed by atoms with Gasteiger partial charge >= 0.3 is 0 Å². The predicted octanol–water partition coefficient (Wildman–Crippen LogP) is 5.75. The summed E-state index contributed by atoms with van der Waals surface area (Å²) in [6.45, 7) is 8.20. The Morgan fingerprint density at radius 1 is 1.09 bits per heavy atom. The van der Waals surface area contributed by atoms with Crippen LogP contribution in [0.25, 0.3) is 0 Å². The van der Waals surface area contributed by atoms with Crippen molar-refractivity contribution in [3.8, 4) is 5.75 Å². The van der Waals surface area contributed by atoms with Gasteiger partial charge in [-0.2, -0.15) is 5.10 Å². The summed E-state index contributed by atoms with van der Waals surface area (Å²) in [5, 5.41) is 15.6. The van der Waals surface area contributed by atoms with Crippen LogP contribution in [0.15, 0.2) is 35.4 Å². The average molecular weight is 351 g/mol. The van der Waals surface area contributed by atoms with E-state index in [2.05, 4.69) is 31.3 Å². The first-order chi connectivity index (χ1) is 10.7. The van der Waals surface area contributed by atoms with Crippen molar-refractivity contribution in [3.63, 3.8) is 0 Å². The van der Waals surface area contributed by atoms with Crippen molar-refractivity contribution >= 4 is 35.1 Å². The van der Waals surface area contributed by atoms with E-state index in [1.54, 1.807) is 24.4 Å². The molecule has 0 fully saturated rings. The highest BCUT2D eigenvalue weighted by molar-refractivity contribution is 6.42. The van der Waals surface area contributed by atoms with Crippen LogP contribution in [0.3, 0.4) is 0 Å². The van der Waals surface area contributed by atoms with E-state index < -0.39 is 0 Å². The zero-order chi connectivity index (χ0) is 17.2. The van der Waals surface area contributed by atoms with Gasteiger partial charge in [0.15, 0.2) is 0 Å². The number of hydrogen-bond acceptors (Lipinski definition) is 3. The molecule has 3 nitrogen and oxygen atoms in total. The molecule has 0 spiro atoms. The van der Waals surface area contributed by atoms with E-state index in [9.17, 15) is 5.11 Å². The quantitative estimate of drug-likeness (QED) is 0.546. The molecule has 0 amide bonds. The van der Waals surface area contributed by atoms with Crippen LogP contribution >= 0.6 is 23.2 Å². The Hall–Kier alpha value is -1.71. The highest BCUT2D eigenvalue weighted by atomic mass is 35.5. The van der Waals surface area contributed by atoms with Crippen LogP contribution in [0.1, 0.15) is 37.5 Å². The molecule has 122 valence electrons. The van der Waals surface area contributed by atoms with Crippen LogP contribution in [0, 0.1) is 6.92 Å². The third kappa shape index (κ3) is 4.40. The van der Waals surface area contributed by atoms with Gasteiger partial charge in [0, 0.05) is 11.1 Å². The second-order valence-corrected chi connectivity index (χ2v) is 7.31. The number of nitrogens with one attached hydrogen (secondary N) is 1. The molecule has 0 unspecified atom stereocenters. The lowest BCUT2D eigenvalue weighted by molar-refractivity contribution is 0.445. The summed E-state index contributed by atoms with van der Waals surface area (Å²) in [4.78, 5) is 0. The van der Waals surface area contributed by atoms with Gasteiger partial charge in [0.05, 0.1) is 21.9 Å². The van der Waals surface area contributed by atoms with Crippen LogP contribution in [0.2, 0.25) is 10.0 Å². The lowest BCUT2D eigenvalue weighted by atomic mass is 9.84. The van der Waals surface area contributed by atoms with Crippen molar-refractivity contribution in [2.75, 3.05) is 5.43 Å². The van der Waals surface area contributed by atoms with Gasteiger partial charge in [-0.25, -0.2) is 0 Å². The summed E-state index contributed by atoms with van der Waals surface area (Å²) in [6.07, 6.45) is 1.60. The molecular formula is C18H20Cl2N2O. The highest BCUT2D eigenvalue weighted by Gasteiger charge is 2.20. The lowest BCUT2D eigenvalue weighted by Gasteiger charge is -2.22. The van der Waals surface area contributed by atoms with E-state index in [1.807, 2.05) is 19.1 Å². The monoisotopic (exact) mass is 350 g/mol. The molecule has 0 aliphatic rings. The van der Waals surface area contributed by atoms with Gasteiger partial charge in [-0.15, -0.1) is 0 Å². The number of hydrogen-bond donors (Lipinski definition) is 2. The van der Waals surface area contributed by atoms with Gasteiger partial charge in [-0.05, 0) is 42.2 Å². The standard InChI is InChI=1S/C18H20Cl2N2O/c1-11-7-12(17(23)14(8-11)18(2,3)4)10-21-22-13-5-6-15(19)16(20)9-13/h5-10,22-23H,1-4H3. The fraction of sp³-hybridized carbons (Fsp3) is 0.278. The largest absolute Gasteiger partial charge is 0.507 e. The summed E-state index contributed by atoms with van der Waals surface area (Å²) in [5.74, 6) is 0.253. The van der Waals surface area contributed by atoms with Gasteiger partial charge in [0.25, 0.3) is 0 Å². The van der Waals surface area contributed by atoms with Crippen molar-refractivity contribution in [3.05, 3.63) is 57.1 Å². The Kier molecular flexibility index (Phi) is 5.23. The van der Waals surface area contributed by atoms with Crippen LogP contribution in [-0.2, 0) is 5.41 Å². The molecule has 0 aliphatic heterocycles. The van der Waals surface area contributed by atoms with E-state index >= 15 is 0 Å². The SMILES string of the molecule is Cc1cc(C=NNc2ccc(Cl)c(Cl)c2)c(O)c(C(C)(C)C)c1. The molecule has 0 radical (unpaired) electrons. The molecule has 0 heterocycles. The number of benzene rings is 2. The maximum Gasteiger partial charge on any atom is 0.128 e. The van der Waals surface area contributed by atoms with E-state index in [-0.39, 0.29) is 11.2 Å². The number of rotatable bonds is 3. The van der Waals surface area contributed by atoms with Crippen LogP contribution in [0.5, 0.6) is 5.75 Å². The minimum atomic E-state index is -0.143. The molecule has 5 heteroatoms. The van der Waals surface area contributed by atoms with Gasteiger partial charge in [0.1, 0.15) is 5.75 Å². The second-order valence-electron chi connectivity index (χ2n) is 6.50. The van der Waals surface area contributed by atoms with Gasteiger partial charge in [0.2, 0.25) is 0 Å². The van der Waals surface area contributed by atoms with E-state index in [1.165, 1.54) is 0 Å². The Balaban J connectivity index is 2.25. The topological polar surface area (TPSA) is 44.6 Å². The minimum absolute atomic E-state index is 0.143. The Bertz CT molecular complexity index is 749. The Morgan fingerprint density at radius 2 is 1.78 bits per heavy atom. The van der Waals surface area contributed by atoms with Gasteiger partial charge < -0.3 is 5.11 Å². The smallest absolute Gasteiger partial charge is 0.128 e. The zero-order valence-electron chi connectivity index (χ0n) is 13.6. The second kappa shape index (κ2) is 6.81. The predicted molar refractivity (Wildman–Crippen MR) is 99.2 cm³/mol. The average Bonchev–Trinajstić information content (AvgIpc) is 2.45. The fourth-order valence-electron chi connectivity index (χ4n) is 2.22. The van der Waals surface area contributed by atoms with E-state index in [4.69, 9.17) is 23.2 Å². The third-order valence-corrected chi connectivity index (χ3v) is 4.15. The first-order valence-corrected chi connectivity index (χ1v) is 8.02. The molecule has 23 heavy (non-hydrogen) atoms. The Morgan fingerprint density at radius 3 is 2.39 bits per heavy atom. The van der Waals surface area contributed by atoms with Crippen molar-refractivity contribution in [2.45, 2.75) is 33.1 Å². The molecule has 0 saturated heterocycles. The molecule has 0 bridgehead atoms. The zero-order valence-corrected chi connectivity index (χ0v) is 15.1. The summed E-state index contributed by atoms with van der Waals surface area (Å²) < 4.78 is 0. The van der Waals surface area contributed by atoms with Gasteiger partial charge in [-0.1, -0.05) is 50.0 Å². The molecule has 0 atom stereocenters. The first-order valence-electron chi connectivity index (χ1n) is 7.26. The third-order valence-electron chi connectivity index (χ3n) is 3.41. The molecule has 0 saturated carbocycles. The lowest BCUT2D eigenvalue weighted by Crippen LogP contribution is -2.12. The molecule has 2 aromatic rings. The number of anilines is 1. The summed E-state index contributed by atoms with van der Waals surface area (Å²) >= 11 is 11.8. The van der Waals surface area contributed by atoms with Crippen LogP contribution in [-0.4, -0.2) is 11.3 Å². The molecular weight excluding hydrogens is 331 g/mol. The van der Waals surface area contributed by atoms with Crippen molar-refractivity contribution in [1.29, 1.82) is 0 Å². The number of aryl methyl sites for hydroxylation is 1. The summed E-state index contributed by atoms with van der Waals surface area (Å²) in [6, 6.07) is 9.06. The van der Waals surface area contributed by atoms with Crippen LogP contribution in [0.4, 0.5) is 5.69 Å². The van der Waals surface area contributed by atoms with E-state index in [0.29, 0.717) is 15.6 Å². The molecule has 2 rings (SSSR count). The van der Waals surface area contributed by atoms with Crippen LogP contribution < -0.4 is 5.43 Å². The highest BCUT2D eigenvalue weighted by Crippen LogP contribution is 2.33. The number of hydrazone groups is 1. The van der Waals surface area contributed by atoms with Crippen molar-refractivity contribution in [2.24, 2.45) is 5.10 Å². The number of phenolic OH excluding ortho intramolecular Hbond substituents is 1. The molecule has 2 N–H and O–H groups in total. The first kappa shape index (κ1) is 17.6. The molecule has 0 aromatic heterocycles. The van der Waals surface area contributed by atoms with Crippen molar-refractivity contribution in [1.82, 2.24) is 0 Å². The van der Waals surface area contributed by atoms with Crippen molar-refractivity contribution < 1.29 is 5.11 Å². The number of nitrogens with zero attached hydrogens (tertiary/aromatic N) is 1. The van der Waals surface area contributed by atoms with E-state index in [0.717, 1.165) is 16.8 Å². The Labute approximate surface area is 146 Å². The fourth-order valence-corrected chi connectivity index (χ4v) is 2.52. The normalized spacial score (nSPS) is 11.9. The summed E-state index contributed by atoms with van der Waals surface area (Å²) in [7, 11) is 0.